The van der Waals surface area contributed by atoms with Crippen LogP contribution in [0.3, 0.4) is 0 Å². The first kappa shape index (κ1) is 14.6. The van der Waals surface area contributed by atoms with Crippen LogP contribution in [0.1, 0.15) is 16.8 Å². The maximum absolute atomic E-state index is 13.8. The lowest BCUT2D eigenvalue weighted by Gasteiger charge is -2.12. The summed E-state index contributed by atoms with van der Waals surface area (Å²) in [6, 6.07) is 4.42. The van der Waals surface area contributed by atoms with E-state index in [0.29, 0.717) is 11.3 Å². The second-order valence-electron chi connectivity index (χ2n) is 4.11. The molecule has 0 fully saturated rings. The molecule has 0 aliphatic heterocycles. The number of aryl methyl sites for hydroxylation is 1. The zero-order valence-electron chi connectivity index (χ0n) is 10.8. The van der Waals surface area contributed by atoms with Crippen molar-refractivity contribution >= 4 is 28.8 Å². The lowest BCUT2D eigenvalue weighted by Crippen LogP contribution is -2.15. The van der Waals surface area contributed by atoms with E-state index in [2.05, 4.69) is 10.2 Å². The van der Waals surface area contributed by atoms with Crippen LogP contribution in [0.4, 0.5) is 4.39 Å². The summed E-state index contributed by atoms with van der Waals surface area (Å²) in [6.45, 7) is 3.56. The number of ether oxygens (including phenoxy) is 1. The number of thiocarbonyl (C=S) groups is 1. The zero-order chi connectivity index (χ0) is 14.9. The van der Waals surface area contributed by atoms with Crippen molar-refractivity contribution in [3.8, 4) is 11.6 Å². The topological polar surface area (TPSA) is 61.0 Å². The molecule has 0 spiro atoms. The highest BCUT2D eigenvalue weighted by molar-refractivity contribution is 7.80. The fourth-order valence-corrected chi connectivity index (χ4v) is 2.02. The summed E-state index contributed by atoms with van der Waals surface area (Å²) < 4.78 is 19.2. The maximum Gasteiger partial charge on any atom is 0.249 e. The van der Waals surface area contributed by atoms with Crippen LogP contribution >= 0.6 is 23.8 Å². The van der Waals surface area contributed by atoms with Gasteiger partial charge in [-0.05, 0) is 31.5 Å². The van der Waals surface area contributed by atoms with Gasteiger partial charge in [0, 0.05) is 0 Å². The normalized spacial score (nSPS) is 10.4. The second kappa shape index (κ2) is 5.68. The van der Waals surface area contributed by atoms with E-state index in [0.717, 1.165) is 5.56 Å². The van der Waals surface area contributed by atoms with Gasteiger partial charge in [0.25, 0.3) is 0 Å². The van der Waals surface area contributed by atoms with Gasteiger partial charge in [0.2, 0.25) is 5.88 Å². The van der Waals surface area contributed by atoms with Gasteiger partial charge in [0.1, 0.15) is 4.99 Å². The van der Waals surface area contributed by atoms with Crippen molar-refractivity contribution in [3.63, 3.8) is 0 Å². The molecule has 0 radical (unpaired) electrons. The van der Waals surface area contributed by atoms with Crippen LogP contribution in [0.2, 0.25) is 5.02 Å². The monoisotopic (exact) mass is 311 g/mol. The molecule has 0 unspecified atom stereocenters. The summed E-state index contributed by atoms with van der Waals surface area (Å²) in [6.07, 6.45) is 0. The van der Waals surface area contributed by atoms with Crippen molar-refractivity contribution in [2.45, 2.75) is 13.8 Å². The van der Waals surface area contributed by atoms with Gasteiger partial charge >= 0.3 is 0 Å². The highest BCUT2D eigenvalue weighted by Crippen LogP contribution is 2.30. The Kier molecular flexibility index (Phi) is 4.15. The third-order valence-electron chi connectivity index (χ3n) is 2.79. The molecule has 0 bridgehead atoms. The third-order valence-corrected chi connectivity index (χ3v) is 3.29. The molecule has 2 aromatic rings. The maximum atomic E-state index is 13.8. The fraction of sp³-hybridized carbons (Fsp3) is 0.154. The lowest BCUT2D eigenvalue weighted by molar-refractivity contribution is 0.420. The van der Waals surface area contributed by atoms with Gasteiger partial charge in [0.15, 0.2) is 11.6 Å². The lowest BCUT2D eigenvalue weighted by atomic mass is 10.1. The van der Waals surface area contributed by atoms with E-state index in [4.69, 9.17) is 34.3 Å². The molecule has 4 nitrogen and oxygen atoms in total. The van der Waals surface area contributed by atoms with Crippen LogP contribution in [0.5, 0.6) is 11.6 Å². The minimum Gasteiger partial charge on any atom is -0.434 e. The van der Waals surface area contributed by atoms with Gasteiger partial charge in [0.05, 0.1) is 16.3 Å². The van der Waals surface area contributed by atoms with Crippen LogP contribution in [0.25, 0.3) is 0 Å². The quantitative estimate of drug-likeness (QED) is 0.881. The Morgan fingerprint density at radius 3 is 2.70 bits per heavy atom. The van der Waals surface area contributed by atoms with E-state index < -0.39 is 5.82 Å². The Morgan fingerprint density at radius 2 is 2.05 bits per heavy atom. The van der Waals surface area contributed by atoms with Gasteiger partial charge < -0.3 is 10.5 Å². The number of nitrogens with zero attached hydrogens (tertiary/aromatic N) is 2. The van der Waals surface area contributed by atoms with Crippen molar-refractivity contribution in [2.75, 3.05) is 0 Å². The highest BCUT2D eigenvalue weighted by atomic mass is 35.5. The fourth-order valence-electron chi connectivity index (χ4n) is 1.62. The van der Waals surface area contributed by atoms with Crippen molar-refractivity contribution in [3.05, 3.63) is 45.9 Å². The Bertz CT molecular complexity index is 694. The molecule has 7 heteroatoms. The van der Waals surface area contributed by atoms with Gasteiger partial charge in [-0.25, -0.2) is 4.39 Å². The Balaban J connectivity index is 2.52. The van der Waals surface area contributed by atoms with Crippen LogP contribution in [0.15, 0.2) is 18.2 Å². The van der Waals surface area contributed by atoms with Crippen LogP contribution in [0, 0.1) is 19.7 Å². The van der Waals surface area contributed by atoms with Crippen molar-refractivity contribution in [1.29, 1.82) is 0 Å². The van der Waals surface area contributed by atoms with Gasteiger partial charge in [-0.3, -0.25) is 0 Å². The van der Waals surface area contributed by atoms with Crippen molar-refractivity contribution < 1.29 is 9.13 Å². The standard InChI is InChI=1S/C13H11ClFN3OS/c1-6-7(2)17-18-13(10(6)12(16)20)19-9-5-3-4-8(14)11(9)15/h3-5H,1-2H3,(H2,16,20). The summed E-state index contributed by atoms with van der Waals surface area (Å²) in [4.78, 5) is 0.109. The van der Waals surface area contributed by atoms with Crippen LogP contribution in [-0.2, 0) is 0 Å². The summed E-state index contributed by atoms with van der Waals surface area (Å²) >= 11 is 10.7. The largest absolute Gasteiger partial charge is 0.434 e. The predicted octanol–water partition coefficient (Wildman–Crippen LogP) is 3.31. The second-order valence-corrected chi connectivity index (χ2v) is 4.96. The number of hydrogen-bond acceptors (Lipinski definition) is 4. The van der Waals surface area contributed by atoms with Crippen LogP contribution in [-0.4, -0.2) is 15.2 Å². The molecule has 0 amide bonds. The first-order valence-corrected chi connectivity index (χ1v) is 6.46. The number of rotatable bonds is 3. The number of aromatic nitrogens is 2. The van der Waals surface area contributed by atoms with Crippen molar-refractivity contribution in [2.24, 2.45) is 5.73 Å². The molecule has 1 aromatic carbocycles. The molecule has 0 atom stereocenters. The van der Waals surface area contributed by atoms with E-state index in [1.165, 1.54) is 12.1 Å². The highest BCUT2D eigenvalue weighted by Gasteiger charge is 2.17. The molecule has 1 heterocycles. The first-order chi connectivity index (χ1) is 9.41. The molecule has 2 rings (SSSR count). The molecular formula is C13H11ClFN3OS. The Labute approximate surface area is 125 Å². The molecule has 0 saturated heterocycles. The minimum atomic E-state index is -0.678. The molecular weight excluding hydrogens is 301 g/mol. The number of hydrogen-bond donors (Lipinski definition) is 1. The average molecular weight is 312 g/mol. The number of halogens is 2. The summed E-state index contributed by atoms with van der Waals surface area (Å²) in [5, 5.41) is 7.76. The summed E-state index contributed by atoms with van der Waals surface area (Å²) in [7, 11) is 0. The molecule has 2 N–H and O–H groups in total. The number of benzene rings is 1. The summed E-state index contributed by atoms with van der Waals surface area (Å²) in [5.74, 6) is -0.683. The minimum absolute atomic E-state index is 0.0452. The number of nitrogens with two attached hydrogens (primary N) is 1. The van der Waals surface area contributed by atoms with Crippen LogP contribution < -0.4 is 10.5 Å². The van der Waals surface area contributed by atoms with E-state index in [-0.39, 0.29) is 21.6 Å². The smallest absolute Gasteiger partial charge is 0.249 e. The zero-order valence-corrected chi connectivity index (χ0v) is 12.3. The molecule has 1 aromatic heterocycles. The summed E-state index contributed by atoms with van der Waals surface area (Å²) in [5.41, 5.74) is 7.52. The third kappa shape index (κ3) is 2.71. The van der Waals surface area contributed by atoms with E-state index in [9.17, 15) is 4.39 Å². The van der Waals surface area contributed by atoms with E-state index in [1.807, 2.05) is 0 Å². The molecule has 0 aliphatic rings. The SMILES string of the molecule is Cc1nnc(Oc2cccc(Cl)c2F)c(C(N)=S)c1C. The van der Waals surface area contributed by atoms with Gasteiger partial charge in [-0.1, -0.05) is 29.9 Å². The molecule has 20 heavy (non-hydrogen) atoms. The van der Waals surface area contributed by atoms with Gasteiger partial charge in [-0.15, -0.1) is 5.10 Å². The Hall–Kier alpha value is -1.79. The Morgan fingerprint density at radius 1 is 1.35 bits per heavy atom. The molecule has 104 valence electrons. The van der Waals surface area contributed by atoms with E-state index in [1.54, 1.807) is 19.9 Å². The van der Waals surface area contributed by atoms with E-state index >= 15 is 0 Å². The average Bonchev–Trinajstić information content (AvgIpc) is 2.39. The van der Waals surface area contributed by atoms with Gasteiger partial charge in [-0.2, -0.15) is 5.10 Å². The predicted molar refractivity (Wildman–Crippen MR) is 78.9 cm³/mol. The van der Waals surface area contributed by atoms with Crippen molar-refractivity contribution in [1.82, 2.24) is 10.2 Å². The molecule has 0 saturated carbocycles. The first-order valence-electron chi connectivity index (χ1n) is 5.67. The molecule has 0 aliphatic carbocycles.